The third-order valence-corrected chi connectivity index (χ3v) is 3.62. The maximum atomic E-state index is 5.76. The Bertz CT molecular complexity index is 540. The fraction of sp³-hybridized carbons (Fsp3) is 0.357. The Labute approximate surface area is 122 Å². The Morgan fingerprint density at radius 3 is 2.70 bits per heavy atom. The molecule has 0 bridgehead atoms. The van der Waals surface area contributed by atoms with Crippen LogP contribution in [-0.4, -0.2) is 24.6 Å². The highest BCUT2D eigenvalue weighted by molar-refractivity contribution is 7.11. The van der Waals surface area contributed by atoms with Crippen molar-refractivity contribution in [1.29, 1.82) is 0 Å². The molecule has 0 unspecified atom stereocenters. The van der Waals surface area contributed by atoms with Crippen molar-refractivity contribution in [2.75, 3.05) is 31.3 Å². The minimum absolute atomic E-state index is 0.448. The second kappa shape index (κ2) is 7.00. The van der Waals surface area contributed by atoms with Gasteiger partial charge in [-0.1, -0.05) is 12.1 Å². The first-order valence-corrected chi connectivity index (χ1v) is 7.26. The number of hydrogen-bond acceptors (Lipinski definition) is 6. The molecule has 1 heterocycles. The van der Waals surface area contributed by atoms with Gasteiger partial charge < -0.3 is 20.5 Å². The number of rotatable bonds is 7. The highest BCUT2D eigenvalue weighted by Crippen LogP contribution is 2.34. The molecule has 0 saturated carbocycles. The maximum absolute atomic E-state index is 5.76. The van der Waals surface area contributed by atoms with E-state index in [0.717, 1.165) is 23.7 Å². The van der Waals surface area contributed by atoms with Gasteiger partial charge in [-0.15, -0.1) is 0 Å². The third kappa shape index (κ3) is 3.54. The summed E-state index contributed by atoms with van der Waals surface area (Å²) in [4.78, 5) is 0. The summed E-state index contributed by atoms with van der Waals surface area (Å²) >= 11 is 1.33. The summed E-state index contributed by atoms with van der Waals surface area (Å²) in [6.07, 6.45) is 0.910. The van der Waals surface area contributed by atoms with Crippen LogP contribution >= 0.6 is 11.5 Å². The number of nitrogen functional groups attached to an aromatic ring is 1. The van der Waals surface area contributed by atoms with Crippen molar-refractivity contribution in [2.45, 2.75) is 13.3 Å². The number of nitrogens with zero attached hydrogens (tertiary/aromatic N) is 1. The predicted octanol–water partition coefficient (Wildman–Crippen LogP) is 2.79. The van der Waals surface area contributed by atoms with E-state index in [1.165, 1.54) is 17.1 Å². The number of nitrogens with one attached hydrogen (secondary N) is 1. The topological polar surface area (TPSA) is 69.4 Å². The molecular weight excluding hydrogens is 274 g/mol. The molecule has 0 amide bonds. The van der Waals surface area contributed by atoms with Crippen molar-refractivity contribution < 1.29 is 9.47 Å². The Hall–Kier alpha value is -1.95. The predicted molar refractivity (Wildman–Crippen MR) is 82.9 cm³/mol. The van der Waals surface area contributed by atoms with Crippen LogP contribution in [0.2, 0.25) is 0 Å². The summed E-state index contributed by atoms with van der Waals surface area (Å²) in [6.45, 7) is 3.31. The molecule has 2 aromatic rings. The smallest absolute Gasteiger partial charge is 0.197 e. The van der Waals surface area contributed by atoms with E-state index in [-0.39, 0.29) is 0 Å². The van der Waals surface area contributed by atoms with Gasteiger partial charge in [0.1, 0.15) is 5.75 Å². The van der Waals surface area contributed by atoms with Crippen molar-refractivity contribution in [3.63, 3.8) is 0 Å². The molecular formula is C14H19N3O2S. The number of ether oxygens (including phenoxy) is 2. The van der Waals surface area contributed by atoms with Crippen LogP contribution in [0.1, 0.15) is 12.5 Å². The van der Waals surface area contributed by atoms with Gasteiger partial charge in [0.2, 0.25) is 0 Å². The number of benzene rings is 1. The van der Waals surface area contributed by atoms with Crippen molar-refractivity contribution in [3.8, 4) is 11.5 Å². The Balaban J connectivity index is 1.89. The molecule has 0 fully saturated rings. The second-order valence-corrected chi connectivity index (χ2v) is 4.96. The summed E-state index contributed by atoms with van der Waals surface area (Å²) in [5.74, 6) is 1.98. The number of aromatic nitrogens is 1. The highest BCUT2D eigenvalue weighted by Gasteiger charge is 2.11. The molecule has 3 N–H and O–H groups in total. The number of methoxy groups -OCH3 is 1. The van der Waals surface area contributed by atoms with Gasteiger partial charge in [-0.25, -0.2) is 0 Å². The van der Waals surface area contributed by atoms with E-state index < -0.39 is 0 Å². The summed E-state index contributed by atoms with van der Waals surface area (Å²) in [5.41, 5.74) is 7.01. The van der Waals surface area contributed by atoms with Gasteiger partial charge in [0.25, 0.3) is 0 Å². The highest BCUT2D eigenvalue weighted by atomic mass is 32.1. The Morgan fingerprint density at radius 1 is 1.30 bits per heavy atom. The first-order chi connectivity index (χ1) is 9.74. The minimum atomic E-state index is 0.448. The van der Waals surface area contributed by atoms with Crippen LogP contribution in [0.15, 0.2) is 24.3 Å². The zero-order valence-electron chi connectivity index (χ0n) is 11.7. The van der Waals surface area contributed by atoms with Gasteiger partial charge in [0.05, 0.1) is 13.7 Å². The van der Waals surface area contributed by atoms with Crippen LogP contribution < -0.4 is 20.5 Å². The fourth-order valence-corrected chi connectivity index (χ4v) is 2.49. The molecule has 2 rings (SSSR count). The Morgan fingerprint density at radius 2 is 2.05 bits per heavy atom. The van der Waals surface area contributed by atoms with Gasteiger partial charge in [0, 0.05) is 6.54 Å². The van der Waals surface area contributed by atoms with Crippen LogP contribution in [0.3, 0.4) is 0 Å². The van der Waals surface area contributed by atoms with Gasteiger partial charge in [-0.3, -0.25) is 0 Å². The molecule has 0 aliphatic rings. The second-order valence-electron chi connectivity index (χ2n) is 4.18. The molecule has 0 spiro atoms. The minimum Gasteiger partial charge on any atom is -0.497 e. The lowest BCUT2D eigenvalue weighted by Gasteiger charge is -2.08. The average Bonchev–Trinajstić information content (AvgIpc) is 2.82. The first-order valence-electron chi connectivity index (χ1n) is 6.49. The first kappa shape index (κ1) is 14.5. The SMILES string of the molecule is CCOc1c(N)nsc1NCCc1ccc(OC)cc1. The standard InChI is InChI=1S/C14H19N3O2S/c1-3-19-12-13(15)17-20-14(12)16-9-8-10-4-6-11(18-2)7-5-10/h4-7,16H,3,8-9H2,1-2H3,(H2,15,17). The molecule has 0 aliphatic heterocycles. The molecule has 6 heteroatoms. The van der Waals surface area contributed by atoms with Gasteiger partial charge >= 0.3 is 0 Å². The zero-order valence-corrected chi connectivity index (χ0v) is 12.5. The molecule has 0 atom stereocenters. The normalized spacial score (nSPS) is 10.3. The molecule has 108 valence electrons. The summed E-state index contributed by atoms with van der Waals surface area (Å²) in [7, 11) is 1.67. The number of nitrogens with two attached hydrogens (primary N) is 1. The summed E-state index contributed by atoms with van der Waals surface area (Å²) in [5, 5.41) is 4.20. The van der Waals surface area contributed by atoms with Gasteiger partial charge in [-0.05, 0) is 42.6 Å². The van der Waals surface area contributed by atoms with E-state index in [4.69, 9.17) is 15.2 Å². The van der Waals surface area contributed by atoms with Crippen LogP contribution in [0.5, 0.6) is 11.5 Å². The van der Waals surface area contributed by atoms with E-state index in [1.807, 2.05) is 19.1 Å². The van der Waals surface area contributed by atoms with Gasteiger partial charge in [-0.2, -0.15) is 4.37 Å². The summed E-state index contributed by atoms with van der Waals surface area (Å²) < 4.78 is 14.7. The third-order valence-electron chi connectivity index (χ3n) is 2.82. The molecule has 5 nitrogen and oxygen atoms in total. The van der Waals surface area contributed by atoms with E-state index in [2.05, 4.69) is 21.8 Å². The zero-order chi connectivity index (χ0) is 14.4. The quantitative estimate of drug-likeness (QED) is 0.821. The number of anilines is 2. The molecule has 0 aliphatic carbocycles. The number of hydrogen-bond donors (Lipinski definition) is 2. The molecule has 1 aromatic heterocycles. The van der Waals surface area contributed by atoms with Crippen LogP contribution in [-0.2, 0) is 6.42 Å². The average molecular weight is 293 g/mol. The van der Waals surface area contributed by atoms with E-state index in [1.54, 1.807) is 7.11 Å². The van der Waals surface area contributed by atoms with Crippen LogP contribution in [0, 0.1) is 0 Å². The Kier molecular flexibility index (Phi) is 5.06. The molecule has 0 radical (unpaired) electrons. The van der Waals surface area contributed by atoms with Crippen molar-refractivity contribution >= 4 is 22.4 Å². The van der Waals surface area contributed by atoms with E-state index in [9.17, 15) is 0 Å². The summed E-state index contributed by atoms with van der Waals surface area (Å²) in [6, 6.07) is 8.05. The molecule has 1 aromatic carbocycles. The van der Waals surface area contributed by atoms with Gasteiger partial charge in [0.15, 0.2) is 16.6 Å². The largest absolute Gasteiger partial charge is 0.497 e. The van der Waals surface area contributed by atoms with Crippen LogP contribution in [0.25, 0.3) is 0 Å². The van der Waals surface area contributed by atoms with Crippen molar-refractivity contribution in [3.05, 3.63) is 29.8 Å². The fourth-order valence-electron chi connectivity index (χ4n) is 1.80. The molecule has 0 saturated heterocycles. The van der Waals surface area contributed by atoms with E-state index >= 15 is 0 Å². The lowest BCUT2D eigenvalue weighted by atomic mass is 10.1. The molecule has 20 heavy (non-hydrogen) atoms. The van der Waals surface area contributed by atoms with E-state index in [0.29, 0.717) is 18.2 Å². The monoisotopic (exact) mass is 293 g/mol. The van der Waals surface area contributed by atoms with Crippen molar-refractivity contribution in [2.24, 2.45) is 0 Å². The lowest BCUT2D eigenvalue weighted by Crippen LogP contribution is -2.05. The van der Waals surface area contributed by atoms with Crippen LogP contribution in [0.4, 0.5) is 10.8 Å². The van der Waals surface area contributed by atoms with Crippen molar-refractivity contribution in [1.82, 2.24) is 4.37 Å². The lowest BCUT2D eigenvalue weighted by molar-refractivity contribution is 0.344. The maximum Gasteiger partial charge on any atom is 0.197 e.